The molecule has 0 fully saturated rings. The van der Waals surface area contributed by atoms with Crippen LogP contribution in [0, 0.1) is 40.9 Å². The highest BCUT2D eigenvalue weighted by Crippen LogP contribution is 2.43. The van der Waals surface area contributed by atoms with Gasteiger partial charge in [0.15, 0.2) is 0 Å². The van der Waals surface area contributed by atoms with Crippen molar-refractivity contribution in [3.63, 3.8) is 0 Å². The van der Waals surface area contributed by atoms with E-state index in [9.17, 15) is 10.5 Å². The third-order valence-electron chi connectivity index (χ3n) is 3.20. The summed E-state index contributed by atoms with van der Waals surface area (Å²) in [5.41, 5.74) is 8.12. The van der Waals surface area contributed by atoms with Gasteiger partial charge in [-0.05, 0) is 18.1 Å². The fourth-order valence-electron chi connectivity index (χ4n) is 2.24. The van der Waals surface area contributed by atoms with Gasteiger partial charge < -0.3 is 5.73 Å². The first-order chi connectivity index (χ1) is 9.10. The number of hydrogen-bond donors (Lipinski definition) is 2. The zero-order valence-corrected chi connectivity index (χ0v) is 11.2. The van der Waals surface area contributed by atoms with Crippen LogP contribution in [0.2, 0.25) is 0 Å². The van der Waals surface area contributed by atoms with Crippen molar-refractivity contribution in [2.45, 2.75) is 12.8 Å². The normalized spacial score (nSPS) is 22.8. The summed E-state index contributed by atoms with van der Waals surface area (Å²) in [6.45, 7) is 1.93. The first-order valence-electron chi connectivity index (χ1n) is 5.71. The largest absolute Gasteiger partial charge is 0.392 e. The van der Waals surface area contributed by atoms with Gasteiger partial charge in [0.05, 0.1) is 27.8 Å². The minimum absolute atomic E-state index is 0.201. The highest BCUT2D eigenvalue weighted by Gasteiger charge is 2.37. The van der Waals surface area contributed by atoms with Crippen molar-refractivity contribution in [1.29, 1.82) is 15.9 Å². The smallest absolute Gasteiger partial charge is 0.106 e. The average Bonchev–Trinajstić information content (AvgIpc) is 2.38. The Balaban J connectivity index is 2.66. The molecule has 2 atom stereocenters. The lowest BCUT2D eigenvalue weighted by molar-refractivity contribution is 0.724. The van der Waals surface area contributed by atoms with E-state index in [4.69, 9.17) is 11.1 Å². The van der Waals surface area contributed by atoms with E-state index >= 15 is 0 Å². The van der Waals surface area contributed by atoms with E-state index in [-0.39, 0.29) is 5.04 Å². The highest BCUT2D eigenvalue weighted by atomic mass is 32.2. The van der Waals surface area contributed by atoms with Crippen LogP contribution in [-0.2, 0) is 0 Å². The molecule has 94 valence electrons. The lowest BCUT2D eigenvalue weighted by Gasteiger charge is -2.28. The lowest BCUT2D eigenvalue weighted by atomic mass is 9.80. The van der Waals surface area contributed by atoms with Crippen molar-refractivity contribution in [2.75, 3.05) is 0 Å². The van der Waals surface area contributed by atoms with Crippen molar-refractivity contribution >= 4 is 16.8 Å². The van der Waals surface area contributed by atoms with Gasteiger partial charge >= 0.3 is 0 Å². The molecule has 3 N–H and O–H groups in total. The average molecular weight is 268 g/mol. The van der Waals surface area contributed by atoms with Gasteiger partial charge in [0, 0.05) is 5.92 Å². The molecule has 5 heteroatoms. The SMILES string of the molecule is Cc1ccccc1[C@H]1C(C#N)=C(N)SC(=N)[C@H]1C#N. The van der Waals surface area contributed by atoms with Crippen LogP contribution in [0.1, 0.15) is 17.0 Å². The summed E-state index contributed by atoms with van der Waals surface area (Å²) in [5, 5.41) is 27.0. The summed E-state index contributed by atoms with van der Waals surface area (Å²) in [6, 6.07) is 11.8. The van der Waals surface area contributed by atoms with Gasteiger partial charge in [-0.3, -0.25) is 5.41 Å². The molecule has 2 rings (SSSR count). The number of nitrogens with two attached hydrogens (primary N) is 1. The van der Waals surface area contributed by atoms with Crippen LogP contribution >= 0.6 is 11.8 Å². The van der Waals surface area contributed by atoms with Crippen LogP contribution in [0.3, 0.4) is 0 Å². The van der Waals surface area contributed by atoms with E-state index in [2.05, 4.69) is 12.1 Å². The van der Waals surface area contributed by atoms with E-state index < -0.39 is 11.8 Å². The predicted octanol–water partition coefficient (Wildman–Crippen LogP) is 2.64. The summed E-state index contributed by atoms with van der Waals surface area (Å²) in [6.07, 6.45) is 0. The van der Waals surface area contributed by atoms with E-state index in [0.717, 1.165) is 22.9 Å². The van der Waals surface area contributed by atoms with Crippen LogP contribution in [-0.4, -0.2) is 5.04 Å². The molecule has 19 heavy (non-hydrogen) atoms. The maximum absolute atomic E-state index is 9.31. The number of hydrogen-bond acceptors (Lipinski definition) is 5. The zero-order valence-electron chi connectivity index (χ0n) is 10.3. The first-order valence-corrected chi connectivity index (χ1v) is 6.53. The zero-order chi connectivity index (χ0) is 14.0. The fourth-order valence-corrected chi connectivity index (χ4v) is 3.07. The first kappa shape index (κ1) is 13.2. The summed E-state index contributed by atoms with van der Waals surface area (Å²) in [4.78, 5) is 0. The minimum atomic E-state index is -0.645. The number of benzene rings is 1. The summed E-state index contributed by atoms with van der Waals surface area (Å²) >= 11 is 1.01. The predicted molar refractivity (Wildman–Crippen MR) is 75.2 cm³/mol. The van der Waals surface area contributed by atoms with Gasteiger partial charge in [-0.2, -0.15) is 10.5 Å². The number of nitriles is 2. The van der Waals surface area contributed by atoms with Crippen molar-refractivity contribution in [1.82, 2.24) is 0 Å². The third-order valence-corrected chi connectivity index (χ3v) is 4.11. The van der Waals surface area contributed by atoms with Gasteiger partial charge in [-0.15, -0.1) is 0 Å². The molecule has 1 aromatic carbocycles. The molecule has 1 heterocycles. The maximum atomic E-state index is 9.31. The van der Waals surface area contributed by atoms with Crippen LogP contribution in [0.25, 0.3) is 0 Å². The van der Waals surface area contributed by atoms with Crippen LogP contribution in [0.4, 0.5) is 0 Å². The summed E-state index contributed by atoms with van der Waals surface area (Å²) < 4.78 is 0. The van der Waals surface area contributed by atoms with Gasteiger partial charge in [0.1, 0.15) is 5.92 Å². The van der Waals surface area contributed by atoms with Crippen molar-refractivity contribution in [3.05, 3.63) is 46.0 Å². The van der Waals surface area contributed by atoms with E-state index in [1.807, 2.05) is 31.2 Å². The number of aryl methyl sites for hydroxylation is 1. The molecule has 0 saturated carbocycles. The maximum Gasteiger partial charge on any atom is 0.106 e. The van der Waals surface area contributed by atoms with Gasteiger partial charge in [-0.25, -0.2) is 0 Å². The number of nitrogens with zero attached hydrogens (tertiary/aromatic N) is 2. The topological polar surface area (TPSA) is 97.4 Å². The van der Waals surface area contributed by atoms with Crippen molar-refractivity contribution in [2.24, 2.45) is 11.7 Å². The van der Waals surface area contributed by atoms with E-state index in [1.165, 1.54) is 0 Å². The van der Waals surface area contributed by atoms with Gasteiger partial charge in [0.25, 0.3) is 0 Å². The molecule has 0 amide bonds. The molecule has 0 aromatic heterocycles. The quantitative estimate of drug-likeness (QED) is 0.818. The number of thioether (sulfide) groups is 1. The molecule has 0 unspecified atom stereocenters. The molecule has 1 aliphatic rings. The Kier molecular flexibility index (Phi) is 3.59. The highest BCUT2D eigenvalue weighted by molar-refractivity contribution is 8.17. The van der Waals surface area contributed by atoms with Crippen LogP contribution in [0.5, 0.6) is 0 Å². The Labute approximate surface area is 116 Å². The van der Waals surface area contributed by atoms with Crippen LogP contribution in [0.15, 0.2) is 34.9 Å². The molecule has 0 radical (unpaired) electrons. The molecular formula is C14H12N4S. The molecule has 0 aliphatic carbocycles. The Morgan fingerprint density at radius 2 is 2.00 bits per heavy atom. The van der Waals surface area contributed by atoms with Crippen LogP contribution < -0.4 is 5.73 Å². The third kappa shape index (κ3) is 2.21. The monoisotopic (exact) mass is 268 g/mol. The second-order valence-electron chi connectivity index (χ2n) is 4.30. The number of nitrogens with one attached hydrogen (secondary N) is 1. The molecule has 1 aromatic rings. The number of rotatable bonds is 1. The Bertz CT molecular complexity index is 648. The Hall–Kier alpha value is -2.24. The molecule has 0 spiro atoms. The van der Waals surface area contributed by atoms with Crippen molar-refractivity contribution < 1.29 is 0 Å². The molecule has 0 saturated heterocycles. The Morgan fingerprint density at radius 3 is 2.58 bits per heavy atom. The van der Waals surface area contributed by atoms with Gasteiger partial charge in [0.2, 0.25) is 0 Å². The fraction of sp³-hybridized carbons (Fsp3) is 0.214. The standard InChI is InChI=1S/C14H12N4S/c1-8-4-2-3-5-9(8)12-10(6-15)13(17)19-14(18)11(12)7-16/h2-5,10,12,17H,18H2,1H3/t10-,12+/m0/s1. The molecule has 4 nitrogen and oxygen atoms in total. The number of allylic oxidation sites excluding steroid dienone is 1. The Morgan fingerprint density at radius 1 is 1.32 bits per heavy atom. The van der Waals surface area contributed by atoms with Crippen molar-refractivity contribution in [3.8, 4) is 12.1 Å². The molecular weight excluding hydrogens is 256 g/mol. The summed E-state index contributed by atoms with van der Waals surface area (Å²) in [5.74, 6) is -1.09. The minimum Gasteiger partial charge on any atom is -0.392 e. The summed E-state index contributed by atoms with van der Waals surface area (Å²) in [7, 11) is 0. The molecule has 1 aliphatic heterocycles. The van der Waals surface area contributed by atoms with E-state index in [0.29, 0.717) is 10.6 Å². The van der Waals surface area contributed by atoms with E-state index in [1.54, 1.807) is 0 Å². The molecule has 0 bridgehead atoms. The lowest BCUT2D eigenvalue weighted by Crippen LogP contribution is -2.27. The second-order valence-corrected chi connectivity index (χ2v) is 5.38. The second kappa shape index (κ2) is 5.17. The van der Waals surface area contributed by atoms with Gasteiger partial charge in [-0.1, -0.05) is 36.0 Å².